The van der Waals surface area contributed by atoms with Crippen LogP contribution in [0.4, 0.5) is 0 Å². The largest absolute Gasteiger partial charge is 0.282 e. The molecule has 0 spiro atoms. The number of hydrogen-bond acceptors (Lipinski definition) is 4. The fourth-order valence-electron chi connectivity index (χ4n) is 2.73. The number of aromatic nitrogens is 5. The van der Waals surface area contributed by atoms with Gasteiger partial charge < -0.3 is 0 Å². The van der Waals surface area contributed by atoms with Crippen LogP contribution >= 0.6 is 28.1 Å². The van der Waals surface area contributed by atoms with Gasteiger partial charge in [-0.15, -0.1) is 0 Å². The molecule has 0 atom stereocenters. The molecule has 0 aliphatic heterocycles. The fraction of sp³-hybridized carbons (Fsp3) is 0.200. The molecule has 6 nitrogen and oxygen atoms in total. The Bertz CT molecular complexity index is 934. The normalized spacial score (nSPS) is 13.8. The van der Waals surface area contributed by atoms with E-state index in [4.69, 9.17) is 12.2 Å². The summed E-state index contributed by atoms with van der Waals surface area (Å²) in [6.45, 7) is 0. The van der Waals surface area contributed by atoms with Crippen molar-refractivity contribution in [2.24, 2.45) is 5.10 Å². The predicted molar refractivity (Wildman–Crippen MR) is 94.2 cm³/mol. The molecule has 23 heavy (non-hydrogen) atoms. The number of benzene rings is 1. The van der Waals surface area contributed by atoms with Gasteiger partial charge in [-0.25, -0.2) is 5.10 Å². The molecule has 0 bridgehead atoms. The van der Waals surface area contributed by atoms with Gasteiger partial charge in [0, 0.05) is 15.7 Å². The van der Waals surface area contributed by atoms with Crippen molar-refractivity contribution in [3.8, 4) is 11.5 Å². The van der Waals surface area contributed by atoms with Crippen LogP contribution in [-0.2, 0) is 12.8 Å². The molecule has 0 unspecified atom stereocenters. The Morgan fingerprint density at radius 2 is 2.00 bits per heavy atom. The molecule has 0 radical (unpaired) electrons. The highest BCUT2D eigenvalue weighted by Crippen LogP contribution is 2.29. The second-order valence-electron chi connectivity index (χ2n) is 5.34. The summed E-state index contributed by atoms with van der Waals surface area (Å²) in [6.07, 6.45) is 4.95. The Morgan fingerprint density at radius 3 is 2.83 bits per heavy atom. The monoisotopic (exact) mass is 388 g/mol. The molecule has 8 heteroatoms. The molecule has 0 fully saturated rings. The molecule has 0 saturated carbocycles. The van der Waals surface area contributed by atoms with E-state index in [1.807, 2.05) is 24.3 Å². The van der Waals surface area contributed by atoms with Gasteiger partial charge in [0.1, 0.15) is 5.69 Å². The van der Waals surface area contributed by atoms with Crippen LogP contribution in [0.1, 0.15) is 23.2 Å². The molecule has 116 valence electrons. The average Bonchev–Trinajstić information content (AvgIpc) is 3.23. The molecule has 2 aromatic heterocycles. The molecule has 2 heterocycles. The van der Waals surface area contributed by atoms with Crippen molar-refractivity contribution in [2.45, 2.75) is 19.3 Å². The summed E-state index contributed by atoms with van der Waals surface area (Å²) in [5.74, 6) is 0.641. The van der Waals surface area contributed by atoms with Gasteiger partial charge in [-0.05, 0) is 49.2 Å². The summed E-state index contributed by atoms with van der Waals surface area (Å²) >= 11 is 8.72. The lowest BCUT2D eigenvalue weighted by molar-refractivity contribution is 0.844. The van der Waals surface area contributed by atoms with Gasteiger partial charge in [0.15, 0.2) is 0 Å². The van der Waals surface area contributed by atoms with E-state index in [0.29, 0.717) is 10.6 Å². The quantitative estimate of drug-likeness (QED) is 0.532. The van der Waals surface area contributed by atoms with Crippen molar-refractivity contribution in [2.75, 3.05) is 0 Å². The maximum Gasteiger partial charge on any atom is 0.216 e. The molecule has 4 rings (SSSR count). The zero-order chi connectivity index (χ0) is 15.8. The molecule has 0 saturated heterocycles. The van der Waals surface area contributed by atoms with Crippen LogP contribution in [0.5, 0.6) is 0 Å². The van der Waals surface area contributed by atoms with Gasteiger partial charge in [0.05, 0.1) is 6.21 Å². The van der Waals surface area contributed by atoms with Crippen molar-refractivity contribution in [1.29, 1.82) is 0 Å². The number of nitrogens with zero attached hydrogens (tertiary/aromatic N) is 4. The first-order valence-corrected chi connectivity index (χ1v) is 8.46. The fourth-order valence-corrected chi connectivity index (χ4v) is 3.17. The standard InChI is InChI=1S/C15H13BrN6S/c16-10-6-4-9(5-7-10)8-17-22-14(20-21-15(22)23)13-11-2-1-3-12(11)18-19-13/h4-8H,1-3H2,(H,18,19)(H,21,23)/b17-8+. The van der Waals surface area contributed by atoms with Crippen LogP contribution in [0.3, 0.4) is 0 Å². The molecule has 1 aliphatic carbocycles. The van der Waals surface area contributed by atoms with E-state index in [0.717, 1.165) is 35.0 Å². The first kappa shape index (κ1) is 14.5. The summed E-state index contributed by atoms with van der Waals surface area (Å²) in [5, 5.41) is 19.1. The van der Waals surface area contributed by atoms with Crippen LogP contribution in [-0.4, -0.2) is 31.3 Å². The highest BCUT2D eigenvalue weighted by atomic mass is 79.9. The highest BCUT2D eigenvalue weighted by molar-refractivity contribution is 9.10. The SMILES string of the molecule is S=c1[nH]nc(-c2n[nH]c3c2CCC3)n1/N=C/c1ccc(Br)cc1. The molecular weight excluding hydrogens is 376 g/mol. The lowest BCUT2D eigenvalue weighted by Crippen LogP contribution is -1.97. The number of H-pyrrole nitrogens is 2. The minimum Gasteiger partial charge on any atom is -0.282 e. The molecule has 1 aromatic carbocycles. The van der Waals surface area contributed by atoms with E-state index in [1.165, 1.54) is 11.3 Å². The third kappa shape index (κ3) is 2.68. The minimum absolute atomic E-state index is 0.447. The summed E-state index contributed by atoms with van der Waals surface area (Å²) in [4.78, 5) is 0. The number of aryl methyl sites for hydroxylation is 1. The maximum atomic E-state index is 5.30. The van der Waals surface area contributed by atoms with E-state index < -0.39 is 0 Å². The van der Waals surface area contributed by atoms with E-state index in [-0.39, 0.29) is 0 Å². The number of hydrogen-bond donors (Lipinski definition) is 2. The van der Waals surface area contributed by atoms with Gasteiger partial charge in [0.2, 0.25) is 10.6 Å². The molecule has 3 aromatic rings. The maximum absolute atomic E-state index is 5.30. The Hall–Kier alpha value is -2.06. The van der Waals surface area contributed by atoms with Crippen molar-refractivity contribution in [3.63, 3.8) is 0 Å². The minimum atomic E-state index is 0.447. The van der Waals surface area contributed by atoms with Crippen molar-refractivity contribution >= 4 is 34.4 Å². The average molecular weight is 389 g/mol. The molecule has 0 amide bonds. The molecule has 1 aliphatic rings. The van der Waals surface area contributed by atoms with Gasteiger partial charge in [0.25, 0.3) is 0 Å². The van der Waals surface area contributed by atoms with E-state index in [9.17, 15) is 0 Å². The van der Waals surface area contributed by atoms with E-state index >= 15 is 0 Å². The topological polar surface area (TPSA) is 74.7 Å². The summed E-state index contributed by atoms with van der Waals surface area (Å²) < 4.78 is 3.09. The first-order chi connectivity index (χ1) is 11.2. The molecule has 2 N–H and O–H groups in total. The summed E-state index contributed by atoms with van der Waals surface area (Å²) in [5.41, 5.74) is 4.23. The summed E-state index contributed by atoms with van der Waals surface area (Å²) in [7, 11) is 0. The number of rotatable bonds is 3. The van der Waals surface area contributed by atoms with Crippen LogP contribution in [0, 0.1) is 4.77 Å². The Balaban J connectivity index is 1.73. The van der Waals surface area contributed by atoms with Gasteiger partial charge in [-0.1, -0.05) is 28.1 Å². The second kappa shape index (κ2) is 5.86. The number of halogens is 1. The van der Waals surface area contributed by atoms with Gasteiger partial charge >= 0.3 is 0 Å². The molecular formula is C15H13BrN6S. The first-order valence-electron chi connectivity index (χ1n) is 7.26. The summed E-state index contributed by atoms with van der Waals surface area (Å²) in [6, 6.07) is 7.89. The number of nitrogens with one attached hydrogen (secondary N) is 2. The zero-order valence-electron chi connectivity index (χ0n) is 12.1. The Kier molecular flexibility index (Phi) is 3.70. The Morgan fingerprint density at radius 1 is 1.17 bits per heavy atom. The number of aromatic amines is 2. The van der Waals surface area contributed by atoms with Crippen LogP contribution in [0.2, 0.25) is 0 Å². The van der Waals surface area contributed by atoms with Gasteiger partial charge in [-0.3, -0.25) is 5.10 Å². The Labute approximate surface area is 145 Å². The van der Waals surface area contributed by atoms with Crippen LogP contribution < -0.4 is 0 Å². The van der Waals surface area contributed by atoms with Gasteiger partial charge in [-0.2, -0.15) is 20.0 Å². The predicted octanol–water partition coefficient (Wildman–Crippen LogP) is 3.46. The lowest BCUT2D eigenvalue weighted by Gasteiger charge is -2.00. The smallest absolute Gasteiger partial charge is 0.216 e. The van der Waals surface area contributed by atoms with Crippen molar-refractivity contribution in [3.05, 3.63) is 50.3 Å². The third-order valence-corrected chi connectivity index (χ3v) is 4.65. The van der Waals surface area contributed by atoms with E-state index in [1.54, 1.807) is 10.9 Å². The van der Waals surface area contributed by atoms with Crippen molar-refractivity contribution < 1.29 is 0 Å². The lowest BCUT2D eigenvalue weighted by atomic mass is 10.2. The van der Waals surface area contributed by atoms with Crippen LogP contribution in [0.25, 0.3) is 11.5 Å². The van der Waals surface area contributed by atoms with E-state index in [2.05, 4.69) is 41.4 Å². The second-order valence-corrected chi connectivity index (χ2v) is 6.65. The third-order valence-electron chi connectivity index (χ3n) is 3.86. The highest BCUT2D eigenvalue weighted by Gasteiger charge is 2.23. The van der Waals surface area contributed by atoms with Crippen molar-refractivity contribution in [1.82, 2.24) is 25.1 Å². The van der Waals surface area contributed by atoms with Crippen LogP contribution in [0.15, 0.2) is 33.8 Å². The zero-order valence-corrected chi connectivity index (χ0v) is 14.5. The number of fused-ring (bicyclic) bond motifs is 1.